The van der Waals surface area contributed by atoms with Gasteiger partial charge in [0.15, 0.2) is 5.41 Å². The minimum atomic E-state index is -1.78. The van der Waals surface area contributed by atoms with E-state index in [9.17, 15) is 14.4 Å². The summed E-state index contributed by atoms with van der Waals surface area (Å²) in [6, 6.07) is 0. The van der Waals surface area contributed by atoms with Crippen LogP contribution in [0.1, 0.15) is 6.42 Å². The van der Waals surface area contributed by atoms with Gasteiger partial charge in [-0.3, -0.25) is 14.4 Å². The lowest BCUT2D eigenvalue weighted by molar-refractivity contribution is -0.249. The molecule has 0 aromatic carbocycles. The number of carbonyl (C=O) groups excluding carboxylic acids is 3. The van der Waals surface area contributed by atoms with Crippen LogP contribution in [0, 0.1) is 17.3 Å². The summed E-state index contributed by atoms with van der Waals surface area (Å²) in [6.07, 6.45) is 3.27. The first-order valence-corrected chi connectivity index (χ1v) is 6.45. The van der Waals surface area contributed by atoms with Gasteiger partial charge in [0.05, 0.1) is 20.1 Å². The molecule has 3 atom stereocenters. The molecule has 1 unspecified atom stereocenters. The van der Waals surface area contributed by atoms with Crippen LogP contribution in [-0.4, -0.2) is 51.9 Å². The molecule has 2 bridgehead atoms. The number of rotatable bonds is 4. The Bertz CT molecular complexity index is 505. The van der Waals surface area contributed by atoms with Gasteiger partial charge in [-0.25, -0.2) is 0 Å². The zero-order valence-electron chi connectivity index (χ0n) is 12.4. The lowest BCUT2D eigenvalue weighted by atomic mass is 9.55. The van der Waals surface area contributed by atoms with E-state index in [1.54, 1.807) is 6.08 Å². The first-order chi connectivity index (χ1) is 9.94. The fourth-order valence-corrected chi connectivity index (χ4v) is 3.34. The standard InChI is InChI=1S/C14H18O7/c1-18-10(15)9-7-8-5-6-13(9,12(17)19-2)11(16)14(8,20-3)21-4/h5-6,8-9H,7H2,1-4H3/t8-,9?,13-/m1/s1. The van der Waals surface area contributed by atoms with Crippen LogP contribution in [0.15, 0.2) is 12.2 Å². The van der Waals surface area contributed by atoms with Crippen molar-refractivity contribution in [3.8, 4) is 0 Å². The van der Waals surface area contributed by atoms with E-state index in [0.29, 0.717) is 0 Å². The summed E-state index contributed by atoms with van der Waals surface area (Å²) in [6.45, 7) is 0. The van der Waals surface area contributed by atoms with Gasteiger partial charge in [-0.05, 0) is 6.42 Å². The predicted octanol–water partition coefficient (Wildman–Crippen LogP) is 0.0829. The number of fused-ring (bicyclic) bond motifs is 2. The Morgan fingerprint density at radius 2 is 1.76 bits per heavy atom. The number of carbonyl (C=O) groups is 3. The highest BCUT2D eigenvalue weighted by Crippen LogP contribution is 2.54. The lowest BCUT2D eigenvalue weighted by Crippen LogP contribution is -2.67. The van der Waals surface area contributed by atoms with Gasteiger partial charge in [-0.2, -0.15) is 0 Å². The fourth-order valence-electron chi connectivity index (χ4n) is 3.34. The van der Waals surface area contributed by atoms with Crippen LogP contribution in [0.5, 0.6) is 0 Å². The van der Waals surface area contributed by atoms with Gasteiger partial charge in [0.1, 0.15) is 0 Å². The van der Waals surface area contributed by atoms with Crippen molar-refractivity contribution in [3.63, 3.8) is 0 Å². The fraction of sp³-hybridized carbons (Fsp3) is 0.643. The topological polar surface area (TPSA) is 88.1 Å². The summed E-state index contributed by atoms with van der Waals surface area (Å²) in [5, 5.41) is 0. The molecular formula is C14H18O7. The van der Waals surface area contributed by atoms with Crippen molar-refractivity contribution in [2.45, 2.75) is 12.2 Å². The average Bonchev–Trinajstić information content (AvgIpc) is 2.54. The lowest BCUT2D eigenvalue weighted by Gasteiger charge is -2.51. The molecular weight excluding hydrogens is 280 g/mol. The Morgan fingerprint density at radius 3 is 2.24 bits per heavy atom. The monoisotopic (exact) mass is 298 g/mol. The first-order valence-electron chi connectivity index (χ1n) is 6.45. The van der Waals surface area contributed by atoms with Crippen molar-refractivity contribution < 1.29 is 33.3 Å². The van der Waals surface area contributed by atoms with Crippen molar-refractivity contribution in [3.05, 3.63) is 12.2 Å². The minimum absolute atomic E-state index is 0.200. The van der Waals surface area contributed by atoms with Gasteiger partial charge < -0.3 is 18.9 Å². The van der Waals surface area contributed by atoms with E-state index in [1.165, 1.54) is 27.4 Å². The van der Waals surface area contributed by atoms with Gasteiger partial charge in [-0.15, -0.1) is 0 Å². The molecule has 3 aliphatic carbocycles. The zero-order valence-corrected chi connectivity index (χ0v) is 12.4. The molecule has 7 heteroatoms. The first kappa shape index (κ1) is 15.7. The second-order valence-electron chi connectivity index (χ2n) is 5.04. The molecule has 1 fully saturated rings. The number of ketones is 1. The van der Waals surface area contributed by atoms with Gasteiger partial charge in [0.2, 0.25) is 11.6 Å². The maximum absolute atomic E-state index is 12.9. The number of Topliss-reactive ketones (excluding diaryl/α,β-unsaturated/α-hetero) is 1. The van der Waals surface area contributed by atoms with Crippen molar-refractivity contribution in [1.82, 2.24) is 0 Å². The zero-order chi connectivity index (χ0) is 15.8. The summed E-state index contributed by atoms with van der Waals surface area (Å²) in [4.78, 5) is 37.2. The predicted molar refractivity (Wildman–Crippen MR) is 69.0 cm³/mol. The van der Waals surface area contributed by atoms with Crippen LogP contribution in [0.4, 0.5) is 0 Å². The van der Waals surface area contributed by atoms with Crippen LogP contribution in [-0.2, 0) is 33.3 Å². The molecule has 0 heterocycles. The third-order valence-corrected chi connectivity index (χ3v) is 4.43. The van der Waals surface area contributed by atoms with Gasteiger partial charge in [0, 0.05) is 20.1 Å². The summed E-state index contributed by atoms with van der Waals surface area (Å²) in [7, 11) is 5.03. The van der Waals surface area contributed by atoms with Gasteiger partial charge in [-0.1, -0.05) is 12.2 Å². The molecule has 116 valence electrons. The Balaban J connectivity index is 2.63. The van der Waals surface area contributed by atoms with E-state index in [4.69, 9.17) is 18.9 Å². The van der Waals surface area contributed by atoms with E-state index >= 15 is 0 Å². The van der Waals surface area contributed by atoms with Gasteiger partial charge >= 0.3 is 11.9 Å². The van der Waals surface area contributed by atoms with Crippen LogP contribution in [0.25, 0.3) is 0 Å². The maximum atomic E-state index is 12.9. The van der Waals surface area contributed by atoms with Crippen molar-refractivity contribution in [1.29, 1.82) is 0 Å². The summed E-state index contributed by atoms with van der Waals surface area (Å²) >= 11 is 0. The second-order valence-corrected chi connectivity index (χ2v) is 5.04. The quantitative estimate of drug-likeness (QED) is 0.314. The minimum Gasteiger partial charge on any atom is -0.469 e. The third-order valence-electron chi connectivity index (χ3n) is 4.43. The van der Waals surface area contributed by atoms with Crippen molar-refractivity contribution in [2.75, 3.05) is 28.4 Å². The largest absolute Gasteiger partial charge is 0.469 e. The highest BCUT2D eigenvalue weighted by Gasteiger charge is 2.70. The molecule has 0 aromatic rings. The molecule has 0 aliphatic heterocycles. The average molecular weight is 298 g/mol. The van der Waals surface area contributed by atoms with Crippen molar-refractivity contribution in [2.24, 2.45) is 17.3 Å². The SMILES string of the molecule is COC(=O)C1C[C@H]2C=C[C@]1(C(=O)OC)C(=O)C2(OC)OC. The number of esters is 2. The highest BCUT2D eigenvalue weighted by molar-refractivity contribution is 6.14. The molecule has 0 aromatic heterocycles. The normalized spacial score (nSPS) is 32.9. The Labute approximate surface area is 122 Å². The third kappa shape index (κ3) is 1.77. The smallest absolute Gasteiger partial charge is 0.324 e. The van der Waals surface area contributed by atoms with Crippen LogP contribution in [0.3, 0.4) is 0 Å². The summed E-state index contributed by atoms with van der Waals surface area (Å²) in [5.74, 6) is -5.11. The van der Waals surface area contributed by atoms with Crippen LogP contribution >= 0.6 is 0 Å². The summed E-state index contributed by atoms with van der Waals surface area (Å²) < 4.78 is 20.0. The van der Waals surface area contributed by atoms with Crippen molar-refractivity contribution >= 4 is 17.7 Å². The Kier molecular flexibility index (Phi) is 3.90. The summed E-state index contributed by atoms with van der Waals surface area (Å²) in [5.41, 5.74) is -1.78. The molecule has 3 aliphatic rings. The maximum Gasteiger partial charge on any atom is 0.324 e. The second kappa shape index (κ2) is 5.23. The molecule has 21 heavy (non-hydrogen) atoms. The number of ether oxygens (including phenoxy) is 4. The number of methoxy groups -OCH3 is 4. The molecule has 7 nitrogen and oxygen atoms in total. The van der Waals surface area contributed by atoms with Crippen LogP contribution in [0.2, 0.25) is 0 Å². The molecule has 3 rings (SSSR count). The van der Waals surface area contributed by atoms with E-state index in [2.05, 4.69) is 0 Å². The van der Waals surface area contributed by atoms with Gasteiger partial charge in [0.25, 0.3) is 0 Å². The van der Waals surface area contributed by atoms with E-state index in [-0.39, 0.29) is 6.42 Å². The van der Waals surface area contributed by atoms with E-state index in [0.717, 1.165) is 7.11 Å². The molecule has 1 saturated carbocycles. The van der Waals surface area contributed by atoms with Crippen LogP contribution < -0.4 is 0 Å². The molecule has 0 N–H and O–H groups in total. The molecule has 0 radical (unpaired) electrons. The Hall–Kier alpha value is -1.73. The Morgan fingerprint density at radius 1 is 1.14 bits per heavy atom. The molecule has 0 amide bonds. The highest BCUT2D eigenvalue weighted by atomic mass is 16.7. The van der Waals surface area contributed by atoms with E-state index < -0.39 is 40.8 Å². The molecule has 0 saturated heterocycles. The number of hydrogen-bond acceptors (Lipinski definition) is 7. The van der Waals surface area contributed by atoms with E-state index in [1.807, 2.05) is 0 Å². The number of hydrogen-bond donors (Lipinski definition) is 0. The molecule has 0 spiro atoms.